The van der Waals surface area contributed by atoms with Crippen molar-refractivity contribution in [1.29, 1.82) is 0 Å². The molecule has 0 atom stereocenters. The fourth-order valence-corrected chi connectivity index (χ4v) is 1.59. The number of carboxylic acid groups (broad SMARTS) is 1. The van der Waals surface area contributed by atoms with Gasteiger partial charge in [-0.25, -0.2) is 0 Å². The van der Waals surface area contributed by atoms with Crippen LogP contribution in [-0.2, 0) is 11.2 Å². The number of hydrogen-bond acceptors (Lipinski definition) is 3. The zero-order chi connectivity index (χ0) is 12.1. The molecule has 0 bridgehead atoms. The maximum absolute atomic E-state index is 10.4. The van der Waals surface area contributed by atoms with Gasteiger partial charge in [0.2, 0.25) is 0 Å². The highest BCUT2D eigenvalue weighted by Crippen LogP contribution is 2.10. The van der Waals surface area contributed by atoms with Crippen molar-refractivity contribution in [2.75, 3.05) is 0 Å². The van der Waals surface area contributed by atoms with E-state index < -0.39 is 5.97 Å². The lowest BCUT2D eigenvalue weighted by atomic mass is 10.1. The van der Waals surface area contributed by atoms with Crippen LogP contribution in [0.3, 0.4) is 0 Å². The molecule has 88 valence electrons. The smallest absolute Gasteiger partial charge is 0.303 e. The van der Waals surface area contributed by atoms with Crippen LogP contribution in [0, 0.1) is 0 Å². The zero-order valence-electron chi connectivity index (χ0n) is 9.28. The van der Waals surface area contributed by atoms with Crippen molar-refractivity contribution in [3.05, 3.63) is 42.2 Å². The molecule has 0 fully saturated rings. The Morgan fingerprint density at radius 3 is 2.41 bits per heavy atom. The summed E-state index contributed by atoms with van der Waals surface area (Å²) in [5.41, 5.74) is 2.03. The van der Waals surface area contributed by atoms with Gasteiger partial charge in [0.05, 0.1) is 18.1 Å². The number of nitrogens with zero attached hydrogens (tertiary/aromatic N) is 3. The average Bonchev–Trinajstić information content (AvgIpc) is 2.83. The summed E-state index contributed by atoms with van der Waals surface area (Å²) in [4.78, 5) is 11.9. The number of benzene rings is 1. The second-order valence-electron chi connectivity index (χ2n) is 3.73. The number of aryl methyl sites for hydroxylation is 1. The van der Waals surface area contributed by atoms with Crippen molar-refractivity contribution in [1.82, 2.24) is 15.0 Å². The molecule has 0 amide bonds. The third-order valence-electron chi connectivity index (χ3n) is 2.44. The molecule has 1 aromatic heterocycles. The Labute approximate surface area is 98.7 Å². The molecule has 2 aromatic rings. The van der Waals surface area contributed by atoms with Crippen molar-refractivity contribution in [3.8, 4) is 5.69 Å². The van der Waals surface area contributed by atoms with Crippen molar-refractivity contribution in [2.45, 2.75) is 19.3 Å². The van der Waals surface area contributed by atoms with Gasteiger partial charge in [0, 0.05) is 6.42 Å². The van der Waals surface area contributed by atoms with Gasteiger partial charge >= 0.3 is 5.97 Å². The highest BCUT2D eigenvalue weighted by Gasteiger charge is 2.00. The van der Waals surface area contributed by atoms with Gasteiger partial charge in [-0.05, 0) is 30.5 Å². The Bertz CT molecular complexity index is 477. The summed E-state index contributed by atoms with van der Waals surface area (Å²) in [6.07, 6.45) is 4.90. The number of hydrogen-bond donors (Lipinski definition) is 1. The quantitative estimate of drug-likeness (QED) is 0.850. The summed E-state index contributed by atoms with van der Waals surface area (Å²) < 4.78 is 0. The summed E-state index contributed by atoms with van der Waals surface area (Å²) in [6.45, 7) is 0. The first kappa shape index (κ1) is 11.3. The Morgan fingerprint density at radius 2 is 1.82 bits per heavy atom. The molecule has 1 aromatic carbocycles. The Hall–Kier alpha value is -2.17. The summed E-state index contributed by atoms with van der Waals surface area (Å²) in [5, 5.41) is 16.6. The Morgan fingerprint density at radius 1 is 1.18 bits per heavy atom. The van der Waals surface area contributed by atoms with Crippen LogP contribution in [0.1, 0.15) is 18.4 Å². The third kappa shape index (κ3) is 3.14. The minimum absolute atomic E-state index is 0.211. The van der Waals surface area contributed by atoms with Gasteiger partial charge in [0.1, 0.15) is 0 Å². The van der Waals surface area contributed by atoms with Crippen LogP contribution in [0.2, 0.25) is 0 Å². The Balaban J connectivity index is 1.96. The maximum atomic E-state index is 10.4. The first-order valence-corrected chi connectivity index (χ1v) is 5.43. The lowest BCUT2D eigenvalue weighted by molar-refractivity contribution is -0.137. The number of rotatable bonds is 5. The van der Waals surface area contributed by atoms with Gasteiger partial charge in [0.15, 0.2) is 0 Å². The van der Waals surface area contributed by atoms with Gasteiger partial charge in [-0.1, -0.05) is 12.1 Å². The van der Waals surface area contributed by atoms with E-state index in [0.717, 1.165) is 17.7 Å². The molecule has 0 aliphatic heterocycles. The second-order valence-corrected chi connectivity index (χ2v) is 3.73. The van der Waals surface area contributed by atoms with Crippen LogP contribution in [0.15, 0.2) is 36.7 Å². The van der Waals surface area contributed by atoms with Gasteiger partial charge < -0.3 is 5.11 Å². The number of carboxylic acids is 1. The predicted molar refractivity (Wildman–Crippen MR) is 61.9 cm³/mol. The summed E-state index contributed by atoms with van der Waals surface area (Å²) >= 11 is 0. The SMILES string of the molecule is O=C(O)CCCc1ccc(-n2nccn2)cc1. The molecule has 1 heterocycles. The average molecular weight is 231 g/mol. The normalized spacial score (nSPS) is 10.4. The highest BCUT2D eigenvalue weighted by atomic mass is 16.4. The largest absolute Gasteiger partial charge is 0.481 e. The van der Waals surface area contributed by atoms with Crippen molar-refractivity contribution < 1.29 is 9.90 Å². The summed E-state index contributed by atoms with van der Waals surface area (Å²) in [6, 6.07) is 7.80. The van der Waals surface area contributed by atoms with Crippen LogP contribution in [0.4, 0.5) is 0 Å². The van der Waals surface area contributed by atoms with Crippen molar-refractivity contribution in [3.63, 3.8) is 0 Å². The van der Waals surface area contributed by atoms with E-state index in [1.165, 1.54) is 0 Å². The summed E-state index contributed by atoms with van der Waals surface area (Å²) in [5.74, 6) is -0.748. The van der Waals surface area contributed by atoms with E-state index in [1.54, 1.807) is 17.2 Å². The van der Waals surface area contributed by atoms with Crippen LogP contribution in [-0.4, -0.2) is 26.1 Å². The van der Waals surface area contributed by atoms with Crippen LogP contribution < -0.4 is 0 Å². The van der Waals surface area contributed by atoms with Gasteiger partial charge in [0.25, 0.3) is 0 Å². The number of carbonyl (C=O) groups is 1. The van der Waals surface area contributed by atoms with Gasteiger partial charge in [-0.3, -0.25) is 4.79 Å². The molecule has 0 saturated carbocycles. The molecule has 0 spiro atoms. The van der Waals surface area contributed by atoms with E-state index in [-0.39, 0.29) is 6.42 Å². The molecule has 2 rings (SSSR count). The Kier molecular flexibility index (Phi) is 3.49. The molecule has 0 aliphatic rings. The van der Waals surface area contributed by atoms with Gasteiger partial charge in [-0.15, -0.1) is 0 Å². The topological polar surface area (TPSA) is 68.0 Å². The van der Waals surface area contributed by atoms with Crippen molar-refractivity contribution in [2.24, 2.45) is 0 Å². The first-order chi connectivity index (χ1) is 8.25. The van der Waals surface area contributed by atoms with E-state index in [0.29, 0.717) is 6.42 Å². The lowest BCUT2D eigenvalue weighted by Crippen LogP contribution is -1.99. The van der Waals surface area contributed by atoms with Gasteiger partial charge in [-0.2, -0.15) is 15.0 Å². The van der Waals surface area contributed by atoms with E-state index in [9.17, 15) is 4.79 Å². The summed E-state index contributed by atoms with van der Waals surface area (Å²) in [7, 11) is 0. The van der Waals surface area contributed by atoms with E-state index in [4.69, 9.17) is 5.11 Å². The number of aromatic nitrogens is 3. The fourth-order valence-electron chi connectivity index (χ4n) is 1.59. The molecular weight excluding hydrogens is 218 g/mol. The number of aliphatic carboxylic acids is 1. The van der Waals surface area contributed by atoms with E-state index in [2.05, 4.69) is 10.2 Å². The van der Waals surface area contributed by atoms with E-state index >= 15 is 0 Å². The first-order valence-electron chi connectivity index (χ1n) is 5.43. The van der Waals surface area contributed by atoms with E-state index in [1.807, 2.05) is 24.3 Å². The highest BCUT2D eigenvalue weighted by molar-refractivity contribution is 5.66. The predicted octanol–water partition coefficient (Wildman–Crippen LogP) is 1.67. The van der Waals surface area contributed by atoms with Crippen LogP contribution >= 0.6 is 0 Å². The molecule has 5 nitrogen and oxygen atoms in total. The zero-order valence-corrected chi connectivity index (χ0v) is 9.28. The molecule has 1 N–H and O–H groups in total. The fraction of sp³-hybridized carbons (Fsp3) is 0.250. The van der Waals surface area contributed by atoms with Crippen LogP contribution in [0.25, 0.3) is 5.69 Å². The molecule has 0 aliphatic carbocycles. The molecule has 0 radical (unpaired) electrons. The monoisotopic (exact) mass is 231 g/mol. The third-order valence-corrected chi connectivity index (χ3v) is 2.44. The maximum Gasteiger partial charge on any atom is 0.303 e. The molecule has 0 unspecified atom stereocenters. The lowest BCUT2D eigenvalue weighted by Gasteiger charge is -2.02. The molecule has 5 heteroatoms. The minimum atomic E-state index is -0.748. The second kappa shape index (κ2) is 5.25. The van der Waals surface area contributed by atoms with Crippen LogP contribution in [0.5, 0.6) is 0 Å². The van der Waals surface area contributed by atoms with Crippen molar-refractivity contribution >= 4 is 5.97 Å². The minimum Gasteiger partial charge on any atom is -0.481 e. The standard InChI is InChI=1S/C12H13N3O2/c16-12(17)3-1-2-10-4-6-11(7-5-10)15-13-8-9-14-15/h4-9H,1-3H2,(H,16,17). The molecular formula is C12H13N3O2. The molecule has 17 heavy (non-hydrogen) atoms. The molecule has 0 saturated heterocycles.